The van der Waals surface area contributed by atoms with Crippen molar-refractivity contribution in [1.82, 2.24) is 0 Å². The Morgan fingerprint density at radius 2 is 2.23 bits per heavy atom. The van der Waals surface area contributed by atoms with E-state index < -0.39 is 11.8 Å². The monoisotopic (exact) mass is 185 g/mol. The number of nitrogen functional groups attached to an aromatic ring is 1. The number of methoxy groups -OCH3 is 1. The molecule has 0 heterocycles. The van der Waals surface area contributed by atoms with Crippen LogP contribution in [0.5, 0.6) is 5.75 Å². The predicted octanol–water partition coefficient (Wildman–Crippen LogP) is 1.11. The molecule has 0 saturated heterocycles. The Balaban J connectivity index is 3.28. The van der Waals surface area contributed by atoms with Gasteiger partial charge in [0.2, 0.25) is 0 Å². The summed E-state index contributed by atoms with van der Waals surface area (Å²) in [6, 6.07) is 2.00. The number of hydrogen-bond donors (Lipinski definition) is 2. The largest absolute Gasteiger partial charge is 0.492 e. The van der Waals surface area contributed by atoms with Crippen molar-refractivity contribution in [3.8, 4) is 5.75 Å². The van der Waals surface area contributed by atoms with Gasteiger partial charge in [0.1, 0.15) is 0 Å². The minimum absolute atomic E-state index is 0.0279. The number of carbonyl (C=O) groups is 1. The third-order valence-electron chi connectivity index (χ3n) is 1.52. The smallest absolute Gasteiger partial charge is 0.335 e. The van der Waals surface area contributed by atoms with Gasteiger partial charge in [-0.15, -0.1) is 0 Å². The minimum Gasteiger partial charge on any atom is -0.492 e. The summed E-state index contributed by atoms with van der Waals surface area (Å²) >= 11 is 0. The summed E-state index contributed by atoms with van der Waals surface area (Å²) in [6.45, 7) is 0. The Morgan fingerprint density at radius 1 is 1.62 bits per heavy atom. The van der Waals surface area contributed by atoms with E-state index in [0.717, 1.165) is 12.1 Å². The standard InChI is InChI=1S/C8H8FNO3/c1-13-7-5(9)2-4(8(11)12)3-6(7)10/h2-3H,10H2,1H3,(H,11,12). The number of aromatic carboxylic acids is 1. The second kappa shape index (κ2) is 3.30. The van der Waals surface area contributed by atoms with Crippen LogP contribution in [0.15, 0.2) is 12.1 Å². The molecule has 1 rings (SSSR count). The maximum atomic E-state index is 13.0. The van der Waals surface area contributed by atoms with Crippen LogP contribution in [0.25, 0.3) is 0 Å². The molecule has 0 saturated carbocycles. The summed E-state index contributed by atoms with van der Waals surface area (Å²) in [5.41, 5.74) is 5.12. The molecule has 0 aromatic heterocycles. The van der Waals surface area contributed by atoms with Gasteiger partial charge in [0, 0.05) is 0 Å². The zero-order chi connectivity index (χ0) is 10.0. The summed E-state index contributed by atoms with van der Waals surface area (Å²) in [5, 5.41) is 8.53. The Labute approximate surface area is 73.7 Å². The van der Waals surface area contributed by atoms with E-state index in [1.807, 2.05) is 0 Å². The number of anilines is 1. The average Bonchev–Trinajstić information content (AvgIpc) is 2.03. The molecule has 0 fully saturated rings. The first kappa shape index (κ1) is 9.31. The number of nitrogens with two attached hydrogens (primary N) is 1. The second-order valence-electron chi connectivity index (χ2n) is 2.39. The molecule has 0 bridgehead atoms. The number of hydrogen-bond acceptors (Lipinski definition) is 3. The van der Waals surface area contributed by atoms with Crippen LogP contribution in [-0.4, -0.2) is 18.2 Å². The van der Waals surface area contributed by atoms with Crippen LogP contribution in [0.3, 0.4) is 0 Å². The van der Waals surface area contributed by atoms with Crippen molar-refractivity contribution in [1.29, 1.82) is 0 Å². The number of rotatable bonds is 2. The Hall–Kier alpha value is -1.78. The normalized spacial score (nSPS) is 9.69. The van der Waals surface area contributed by atoms with Crippen molar-refractivity contribution in [3.05, 3.63) is 23.5 Å². The maximum Gasteiger partial charge on any atom is 0.335 e. The molecule has 0 spiro atoms. The van der Waals surface area contributed by atoms with Gasteiger partial charge < -0.3 is 15.6 Å². The molecule has 0 aliphatic heterocycles. The fourth-order valence-corrected chi connectivity index (χ4v) is 0.954. The zero-order valence-corrected chi connectivity index (χ0v) is 6.87. The van der Waals surface area contributed by atoms with Crippen LogP contribution in [-0.2, 0) is 0 Å². The van der Waals surface area contributed by atoms with Gasteiger partial charge in [-0.25, -0.2) is 9.18 Å². The number of carboxylic acids is 1. The second-order valence-corrected chi connectivity index (χ2v) is 2.39. The molecule has 70 valence electrons. The quantitative estimate of drug-likeness (QED) is 0.677. The highest BCUT2D eigenvalue weighted by molar-refractivity contribution is 5.89. The van der Waals surface area contributed by atoms with Gasteiger partial charge >= 0.3 is 5.97 Å². The number of benzene rings is 1. The van der Waals surface area contributed by atoms with Gasteiger partial charge in [-0.3, -0.25) is 0 Å². The highest BCUT2D eigenvalue weighted by Crippen LogP contribution is 2.26. The lowest BCUT2D eigenvalue weighted by molar-refractivity contribution is 0.0696. The summed E-state index contributed by atoms with van der Waals surface area (Å²) in [4.78, 5) is 10.4. The molecule has 0 atom stereocenters. The number of ether oxygens (including phenoxy) is 1. The fraction of sp³-hybridized carbons (Fsp3) is 0.125. The Kier molecular flexibility index (Phi) is 2.36. The van der Waals surface area contributed by atoms with Crippen LogP contribution >= 0.6 is 0 Å². The topological polar surface area (TPSA) is 72.5 Å². The summed E-state index contributed by atoms with van der Waals surface area (Å²) in [7, 11) is 1.26. The Morgan fingerprint density at radius 3 is 2.62 bits per heavy atom. The van der Waals surface area contributed by atoms with Crippen molar-refractivity contribution in [3.63, 3.8) is 0 Å². The molecule has 1 aromatic rings. The SMILES string of the molecule is COc1c(N)cc(C(=O)O)cc1F. The van der Waals surface area contributed by atoms with E-state index in [2.05, 4.69) is 4.74 Å². The van der Waals surface area contributed by atoms with E-state index in [1.54, 1.807) is 0 Å². The van der Waals surface area contributed by atoms with Crippen LogP contribution in [0.1, 0.15) is 10.4 Å². The van der Waals surface area contributed by atoms with Gasteiger partial charge in [0.25, 0.3) is 0 Å². The van der Waals surface area contributed by atoms with Crippen molar-refractivity contribution < 1.29 is 19.0 Å². The molecule has 1 aromatic carbocycles. The van der Waals surface area contributed by atoms with Crippen molar-refractivity contribution in [2.45, 2.75) is 0 Å². The van der Waals surface area contributed by atoms with Crippen molar-refractivity contribution >= 4 is 11.7 Å². The fourth-order valence-electron chi connectivity index (χ4n) is 0.954. The Bertz CT molecular complexity index is 328. The lowest BCUT2D eigenvalue weighted by Crippen LogP contribution is -2.02. The van der Waals surface area contributed by atoms with Gasteiger partial charge in [-0.2, -0.15) is 0 Å². The zero-order valence-electron chi connectivity index (χ0n) is 6.87. The third kappa shape index (κ3) is 1.69. The first-order valence-corrected chi connectivity index (χ1v) is 3.42. The van der Waals surface area contributed by atoms with Gasteiger partial charge in [0.05, 0.1) is 18.4 Å². The molecule has 0 amide bonds. The average molecular weight is 185 g/mol. The van der Waals surface area contributed by atoms with Crippen molar-refractivity contribution in [2.24, 2.45) is 0 Å². The van der Waals surface area contributed by atoms with E-state index in [1.165, 1.54) is 7.11 Å². The molecule has 4 nitrogen and oxygen atoms in total. The first-order valence-electron chi connectivity index (χ1n) is 3.42. The van der Waals surface area contributed by atoms with Crippen LogP contribution in [0.2, 0.25) is 0 Å². The van der Waals surface area contributed by atoms with E-state index >= 15 is 0 Å². The third-order valence-corrected chi connectivity index (χ3v) is 1.52. The van der Waals surface area contributed by atoms with Gasteiger partial charge in [0.15, 0.2) is 11.6 Å². The molecule has 0 aliphatic carbocycles. The summed E-state index contributed by atoms with van der Waals surface area (Å²) < 4.78 is 17.6. The predicted molar refractivity (Wildman–Crippen MR) is 44.3 cm³/mol. The highest BCUT2D eigenvalue weighted by Gasteiger charge is 2.12. The van der Waals surface area contributed by atoms with E-state index in [9.17, 15) is 9.18 Å². The van der Waals surface area contributed by atoms with Gasteiger partial charge in [-0.05, 0) is 12.1 Å². The first-order chi connectivity index (χ1) is 6.06. The molecular weight excluding hydrogens is 177 g/mol. The maximum absolute atomic E-state index is 13.0. The lowest BCUT2D eigenvalue weighted by Gasteiger charge is -2.06. The number of carboxylic acid groups (broad SMARTS) is 1. The van der Waals surface area contributed by atoms with E-state index in [0.29, 0.717) is 0 Å². The highest BCUT2D eigenvalue weighted by atomic mass is 19.1. The number of halogens is 1. The molecular formula is C8H8FNO3. The van der Waals surface area contributed by atoms with Crippen LogP contribution in [0, 0.1) is 5.82 Å². The van der Waals surface area contributed by atoms with Crippen molar-refractivity contribution in [2.75, 3.05) is 12.8 Å². The van der Waals surface area contributed by atoms with E-state index in [4.69, 9.17) is 10.8 Å². The van der Waals surface area contributed by atoms with Crippen LogP contribution < -0.4 is 10.5 Å². The lowest BCUT2D eigenvalue weighted by atomic mass is 10.2. The summed E-state index contributed by atoms with van der Waals surface area (Å²) in [5.74, 6) is -2.14. The molecule has 0 aliphatic rings. The molecule has 0 radical (unpaired) electrons. The molecule has 5 heteroatoms. The minimum atomic E-state index is -1.23. The van der Waals surface area contributed by atoms with Gasteiger partial charge in [-0.1, -0.05) is 0 Å². The van der Waals surface area contributed by atoms with E-state index in [-0.39, 0.29) is 17.0 Å². The molecule has 0 unspecified atom stereocenters. The molecule has 3 N–H and O–H groups in total. The van der Waals surface area contributed by atoms with Crippen LogP contribution in [0.4, 0.5) is 10.1 Å². The summed E-state index contributed by atoms with van der Waals surface area (Å²) in [6.07, 6.45) is 0. The molecule has 13 heavy (non-hydrogen) atoms.